The number of hydrogen-bond donors (Lipinski definition) is 0. The van der Waals surface area contributed by atoms with E-state index in [1.807, 2.05) is 4.57 Å². The van der Waals surface area contributed by atoms with Crippen molar-refractivity contribution in [1.29, 1.82) is 0 Å². The lowest BCUT2D eigenvalue weighted by Gasteiger charge is -2.27. The van der Waals surface area contributed by atoms with Crippen molar-refractivity contribution < 1.29 is 14.3 Å². The molecule has 0 fully saturated rings. The van der Waals surface area contributed by atoms with E-state index in [9.17, 15) is 4.79 Å². The zero-order valence-corrected chi connectivity index (χ0v) is 12.4. The van der Waals surface area contributed by atoms with E-state index in [-0.39, 0.29) is 17.9 Å². The average molecular weight is 286 g/mol. The first-order valence-corrected chi connectivity index (χ1v) is 6.99. The summed E-state index contributed by atoms with van der Waals surface area (Å²) in [6.07, 6.45) is 3.57. The number of nitrogens with zero attached hydrogens (tertiary/aromatic N) is 2. The maximum Gasteiger partial charge on any atom is 0.170 e. The van der Waals surface area contributed by atoms with Gasteiger partial charge in [0.15, 0.2) is 5.78 Å². The van der Waals surface area contributed by atoms with Crippen molar-refractivity contribution in [2.24, 2.45) is 0 Å². The fourth-order valence-electron chi connectivity index (χ4n) is 2.59. The lowest BCUT2D eigenvalue weighted by molar-refractivity contribution is 0.0837. The minimum Gasteiger partial charge on any atom is -0.497 e. The van der Waals surface area contributed by atoms with Gasteiger partial charge in [-0.3, -0.25) is 4.79 Å². The Labute approximate surface area is 123 Å². The number of ketones is 1. The van der Waals surface area contributed by atoms with E-state index in [0.717, 1.165) is 5.69 Å². The molecule has 110 valence electrons. The molecular weight excluding hydrogens is 268 g/mol. The molecule has 1 unspecified atom stereocenters. The van der Waals surface area contributed by atoms with E-state index in [1.165, 1.54) is 0 Å². The number of rotatable bonds is 3. The third-order valence-electron chi connectivity index (χ3n) is 3.71. The summed E-state index contributed by atoms with van der Waals surface area (Å²) in [6.45, 7) is 4.15. The third-order valence-corrected chi connectivity index (χ3v) is 3.71. The second-order valence-electron chi connectivity index (χ2n) is 5.42. The van der Waals surface area contributed by atoms with Gasteiger partial charge in [0.05, 0.1) is 37.3 Å². The number of aromatic nitrogens is 2. The first kappa shape index (κ1) is 13.7. The van der Waals surface area contributed by atoms with Crippen LogP contribution in [0, 0.1) is 0 Å². The summed E-state index contributed by atoms with van der Waals surface area (Å²) in [7, 11) is 1.59. The molecule has 1 atom stereocenters. The molecule has 1 aliphatic rings. The Hall–Kier alpha value is -2.30. The van der Waals surface area contributed by atoms with Gasteiger partial charge in [0.1, 0.15) is 17.6 Å². The second-order valence-corrected chi connectivity index (χ2v) is 5.42. The maximum absolute atomic E-state index is 12.3. The van der Waals surface area contributed by atoms with Gasteiger partial charge in [0.25, 0.3) is 0 Å². The monoisotopic (exact) mass is 286 g/mol. The number of fused-ring (bicyclic) bond motifs is 1. The average Bonchev–Trinajstić information content (AvgIpc) is 2.96. The van der Waals surface area contributed by atoms with Gasteiger partial charge in [-0.2, -0.15) is 0 Å². The molecular formula is C16H18N2O3. The minimum absolute atomic E-state index is 0.0837. The number of carbonyl (C=O) groups excluding carboxylic acids is 1. The highest BCUT2D eigenvalue weighted by Gasteiger charge is 2.30. The van der Waals surface area contributed by atoms with Crippen molar-refractivity contribution >= 4 is 5.78 Å². The van der Waals surface area contributed by atoms with Gasteiger partial charge in [-0.05, 0) is 26.0 Å². The number of Topliss-reactive ketones (excluding diaryl/α,β-unsaturated/α-hetero) is 1. The molecule has 21 heavy (non-hydrogen) atoms. The molecule has 0 saturated heterocycles. The van der Waals surface area contributed by atoms with Gasteiger partial charge in [-0.15, -0.1) is 0 Å². The van der Waals surface area contributed by atoms with Crippen LogP contribution >= 0.6 is 0 Å². The van der Waals surface area contributed by atoms with Gasteiger partial charge in [-0.1, -0.05) is 0 Å². The summed E-state index contributed by atoms with van der Waals surface area (Å²) in [4.78, 5) is 16.5. The number of ether oxygens (including phenoxy) is 2. The van der Waals surface area contributed by atoms with Crippen LogP contribution in [0.25, 0.3) is 0 Å². The molecule has 5 nitrogen and oxygen atoms in total. The van der Waals surface area contributed by atoms with Gasteiger partial charge < -0.3 is 14.0 Å². The number of carbonyl (C=O) groups is 1. The Morgan fingerprint density at radius 1 is 1.43 bits per heavy atom. The largest absolute Gasteiger partial charge is 0.497 e. The Balaban J connectivity index is 1.97. The maximum atomic E-state index is 12.3. The molecule has 0 spiro atoms. The van der Waals surface area contributed by atoms with Crippen molar-refractivity contribution in [1.82, 2.24) is 9.55 Å². The van der Waals surface area contributed by atoms with Crippen LogP contribution < -0.4 is 9.47 Å². The Bertz CT molecular complexity index is 676. The smallest absolute Gasteiger partial charge is 0.170 e. The summed E-state index contributed by atoms with van der Waals surface area (Å²) < 4.78 is 13.2. The first-order chi connectivity index (χ1) is 10.1. The van der Waals surface area contributed by atoms with Gasteiger partial charge in [-0.25, -0.2) is 4.98 Å². The van der Waals surface area contributed by atoms with E-state index in [2.05, 4.69) is 18.8 Å². The highest BCUT2D eigenvalue weighted by molar-refractivity contribution is 6.00. The molecule has 0 radical (unpaired) electrons. The van der Waals surface area contributed by atoms with E-state index >= 15 is 0 Å². The Morgan fingerprint density at radius 3 is 2.95 bits per heavy atom. The molecule has 3 rings (SSSR count). The van der Waals surface area contributed by atoms with E-state index in [0.29, 0.717) is 23.5 Å². The third kappa shape index (κ3) is 2.39. The SMILES string of the molecule is COc1ccc2c(c1)OC(c1cncn1C(C)C)CC2=O. The summed E-state index contributed by atoms with van der Waals surface area (Å²) in [5, 5.41) is 0. The fraction of sp³-hybridized carbons (Fsp3) is 0.375. The summed E-state index contributed by atoms with van der Waals surface area (Å²) in [5.41, 5.74) is 1.54. The van der Waals surface area contributed by atoms with Crippen LogP contribution in [0.2, 0.25) is 0 Å². The van der Waals surface area contributed by atoms with Crippen LogP contribution in [0.3, 0.4) is 0 Å². The van der Waals surface area contributed by atoms with Crippen LogP contribution in [0.1, 0.15) is 48.5 Å². The highest BCUT2D eigenvalue weighted by Crippen LogP contribution is 2.37. The first-order valence-electron chi connectivity index (χ1n) is 6.99. The molecule has 5 heteroatoms. The minimum atomic E-state index is -0.304. The summed E-state index contributed by atoms with van der Waals surface area (Å²) >= 11 is 0. The molecule has 1 aromatic heterocycles. The van der Waals surface area contributed by atoms with Crippen LogP contribution in [-0.2, 0) is 0 Å². The molecule has 0 aliphatic carbocycles. The van der Waals surface area contributed by atoms with Crippen LogP contribution in [0.5, 0.6) is 11.5 Å². The second kappa shape index (κ2) is 5.24. The van der Waals surface area contributed by atoms with Crippen molar-refractivity contribution in [3.05, 3.63) is 42.0 Å². The van der Waals surface area contributed by atoms with Crippen LogP contribution in [0.4, 0.5) is 0 Å². The molecule has 2 aromatic rings. The zero-order valence-electron chi connectivity index (χ0n) is 12.4. The number of benzene rings is 1. The van der Waals surface area contributed by atoms with Gasteiger partial charge in [0, 0.05) is 12.1 Å². The van der Waals surface area contributed by atoms with E-state index < -0.39 is 0 Å². The summed E-state index contributed by atoms with van der Waals surface area (Å²) in [5.74, 6) is 1.34. The van der Waals surface area contributed by atoms with Crippen molar-refractivity contribution in [3.63, 3.8) is 0 Å². The molecule has 0 bridgehead atoms. The van der Waals surface area contributed by atoms with Crippen molar-refractivity contribution in [3.8, 4) is 11.5 Å². The molecule has 1 aromatic carbocycles. The molecule has 0 amide bonds. The highest BCUT2D eigenvalue weighted by atomic mass is 16.5. The van der Waals surface area contributed by atoms with Crippen LogP contribution in [-0.4, -0.2) is 22.4 Å². The predicted octanol–water partition coefficient (Wildman–Crippen LogP) is 3.18. The van der Waals surface area contributed by atoms with Crippen LogP contribution in [0.15, 0.2) is 30.7 Å². The number of hydrogen-bond acceptors (Lipinski definition) is 4. The summed E-state index contributed by atoms with van der Waals surface area (Å²) in [6, 6.07) is 5.56. The molecule has 0 saturated carbocycles. The fourth-order valence-corrected chi connectivity index (χ4v) is 2.59. The van der Waals surface area contributed by atoms with E-state index in [4.69, 9.17) is 9.47 Å². The zero-order chi connectivity index (χ0) is 15.0. The lowest BCUT2D eigenvalue weighted by Crippen LogP contribution is -2.23. The quantitative estimate of drug-likeness (QED) is 0.869. The Morgan fingerprint density at radius 2 is 2.24 bits per heavy atom. The van der Waals surface area contributed by atoms with E-state index in [1.54, 1.807) is 37.8 Å². The molecule has 0 N–H and O–H groups in total. The lowest BCUT2D eigenvalue weighted by atomic mass is 9.99. The normalized spacial score (nSPS) is 17.5. The topological polar surface area (TPSA) is 53.4 Å². The number of methoxy groups -OCH3 is 1. The Kier molecular flexibility index (Phi) is 3.41. The van der Waals surface area contributed by atoms with Gasteiger partial charge in [0.2, 0.25) is 0 Å². The standard InChI is InChI=1S/C16H18N2O3/c1-10(2)18-9-17-8-13(18)16-7-14(19)12-5-4-11(20-3)6-15(12)21-16/h4-6,8-10,16H,7H2,1-3H3. The van der Waals surface area contributed by atoms with Crippen molar-refractivity contribution in [2.75, 3.05) is 7.11 Å². The number of imidazole rings is 1. The van der Waals surface area contributed by atoms with Gasteiger partial charge >= 0.3 is 0 Å². The molecule has 1 aliphatic heterocycles. The predicted molar refractivity (Wildman–Crippen MR) is 77.9 cm³/mol. The molecule has 2 heterocycles. The van der Waals surface area contributed by atoms with Crippen molar-refractivity contribution in [2.45, 2.75) is 32.4 Å².